The van der Waals surface area contributed by atoms with Crippen LogP contribution in [0.3, 0.4) is 0 Å². The molecule has 2 aromatic carbocycles. The van der Waals surface area contributed by atoms with Gasteiger partial charge in [-0.15, -0.1) is 0 Å². The van der Waals surface area contributed by atoms with Crippen LogP contribution in [0.1, 0.15) is 16.1 Å². The van der Waals surface area contributed by atoms with Crippen molar-refractivity contribution in [2.75, 3.05) is 7.11 Å². The normalized spacial score (nSPS) is 10.5. The van der Waals surface area contributed by atoms with Gasteiger partial charge in [-0.2, -0.15) is 15.4 Å². The van der Waals surface area contributed by atoms with E-state index in [1.807, 2.05) is 0 Å². The molecule has 0 atom stereocenters. The van der Waals surface area contributed by atoms with Crippen LogP contribution in [-0.4, -0.2) is 28.4 Å². The van der Waals surface area contributed by atoms with Crippen molar-refractivity contribution in [2.45, 2.75) is 6.61 Å². The number of amides is 1. The molecule has 7 nitrogen and oxygen atoms in total. The van der Waals surface area contributed by atoms with Crippen LogP contribution in [0.4, 0.5) is 4.39 Å². The van der Waals surface area contributed by atoms with Gasteiger partial charge in [0, 0.05) is 11.1 Å². The van der Waals surface area contributed by atoms with Crippen LogP contribution in [0.15, 0.2) is 42.5 Å². The van der Waals surface area contributed by atoms with Gasteiger partial charge in [-0.25, -0.2) is 4.39 Å². The van der Waals surface area contributed by atoms with Crippen molar-refractivity contribution in [3.8, 4) is 22.8 Å². The summed E-state index contributed by atoms with van der Waals surface area (Å²) in [5.74, 6) is 0.115. The molecular formula is C17H15FN4O3. The number of hydrogen-bond acceptors (Lipinski definition) is 5. The molecule has 0 saturated heterocycles. The van der Waals surface area contributed by atoms with Gasteiger partial charge in [0.25, 0.3) is 5.91 Å². The summed E-state index contributed by atoms with van der Waals surface area (Å²) < 4.78 is 23.9. The number of benzene rings is 2. The van der Waals surface area contributed by atoms with Crippen molar-refractivity contribution in [1.82, 2.24) is 15.4 Å². The second-order valence-electron chi connectivity index (χ2n) is 5.15. The third-order valence-electron chi connectivity index (χ3n) is 3.54. The van der Waals surface area contributed by atoms with E-state index in [1.54, 1.807) is 25.3 Å². The number of primary amides is 1. The molecule has 1 aromatic heterocycles. The highest BCUT2D eigenvalue weighted by atomic mass is 19.1. The Balaban J connectivity index is 1.88. The number of methoxy groups -OCH3 is 1. The highest BCUT2D eigenvalue weighted by molar-refractivity contribution is 5.96. The second-order valence-corrected chi connectivity index (χ2v) is 5.15. The van der Waals surface area contributed by atoms with E-state index in [0.29, 0.717) is 22.8 Å². The molecular weight excluding hydrogens is 327 g/mol. The number of H-pyrrole nitrogens is 1. The molecule has 1 heterocycles. The zero-order chi connectivity index (χ0) is 17.8. The molecule has 0 spiro atoms. The first-order valence-electron chi connectivity index (χ1n) is 7.34. The summed E-state index contributed by atoms with van der Waals surface area (Å²) in [6, 6.07) is 11.0. The molecule has 25 heavy (non-hydrogen) atoms. The van der Waals surface area contributed by atoms with Gasteiger partial charge in [0.05, 0.1) is 7.11 Å². The number of nitrogens with one attached hydrogen (secondary N) is 1. The number of halogens is 1. The molecule has 0 aliphatic rings. The Bertz CT molecular complexity index is 893. The van der Waals surface area contributed by atoms with E-state index in [4.69, 9.17) is 15.2 Å². The summed E-state index contributed by atoms with van der Waals surface area (Å²) in [5.41, 5.74) is 7.06. The van der Waals surface area contributed by atoms with Gasteiger partial charge >= 0.3 is 0 Å². The lowest BCUT2D eigenvalue weighted by molar-refractivity contribution is 0.0996. The van der Waals surface area contributed by atoms with Gasteiger partial charge in [0.15, 0.2) is 5.69 Å². The fourth-order valence-electron chi connectivity index (χ4n) is 2.33. The Morgan fingerprint density at radius 2 is 1.96 bits per heavy atom. The second kappa shape index (κ2) is 7.00. The van der Waals surface area contributed by atoms with Crippen molar-refractivity contribution in [1.29, 1.82) is 0 Å². The van der Waals surface area contributed by atoms with Crippen molar-refractivity contribution < 1.29 is 18.7 Å². The van der Waals surface area contributed by atoms with E-state index in [0.717, 1.165) is 5.56 Å². The molecule has 3 rings (SSSR count). The lowest BCUT2D eigenvalue weighted by Crippen LogP contribution is -2.12. The zero-order valence-electron chi connectivity index (χ0n) is 13.3. The summed E-state index contributed by atoms with van der Waals surface area (Å²) in [5, 5.41) is 10.1. The molecule has 0 unspecified atom stereocenters. The summed E-state index contributed by atoms with van der Waals surface area (Å²) in [4.78, 5) is 11.4. The SMILES string of the molecule is COc1ccc(-c2n[nH]nc2C(N)=O)cc1COc1ccc(F)cc1. The van der Waals surface area contributed by atoms with E-state index in [2.05, 4.69) is 15.4 Å². The Labute approximate surface area is 142 Å². The molecule has 0 radical (unpaired) electrons. The third kappa shape index (κ3) is 3.57. The van der Waals surface area contributed by atoms with Crippen molar-refractivity contribution in [2.24, 2.45) is 5.73 Å². The van der Waals surface area contributed by atoms with Crippen molar-refractivity contribution in [3.05, 3.63) is 59.5 Å². The van der Waals surface area contributed by atoms with Gasteiger partial charge < -0.3 is 15.2 Å². The summed E-state index contributed by atoms with van der Waals surface area (Å²) in [6.07, 6.45) is 0. The van der Waals surface area contributed by atoms with Gasteiger partial charge in [-0.3, -0.25) is 4.79 Å². The number of nitrogens with zero attached hydrogens (tertiary/aromatic N) is 2. The molecule has 1 amide bonds. The average Bonchev–Trinajstić information content (AvgIpc) is 3.11. The standard InChI is InChI=1S/C17H15FN4O3/c1-24-14-7-2-10(15-16(17(19)23)21-22-20-15)8-11(14)9-25-13-5-3-12(18)4-6-13/h2-8H,9H2,1H3,(H2,19,23)(H,20,21,22). The predicted octanol–water partition coefficient (Wildman–Crippen LogP) is 2.30. The molecule has 0 saturated carbocycles. The Morgan fingerprint density at radius 1 is 1.20 bits per heavy atom. The van der Waals surface area contributed by atoms with E-state index >= 15 is 0 Å². The Morgan fingerprint density at radius 3 is 2.64 bits per heavy atom. The molecule has 3 aromatic rings. The smallest absolute Gasteiger partial charge is 0.271 e. The average molecular weight is 342 g/mol. The summed E-state index contributed by atoms with van der Waals surface area (Å²) in [7, 11) is 1.54. The number of aromatic nitrogens is 3. The molecule has 0 fully saturated rings. The number of hydrogen-bond donors (Lipinski definition) is 2. The van der Waals surface area contributed by atoms with Crippen LogP contribution >= 0.6 is 0 Å². The fourth-order valence-corrected chi connectivity index (χ4v) is 2.33. The van der Waals surface area contributed by atoms with E-state index < -0.39 is 5.91 Å². The molecule has 3 N–H and O–H groups in total. The van der Waals surface area contributed by atoms with Crippen molar-refractivity contribution >= 4 is 5.91 Å². The lowest BCUT2D eigenvalue weighted by atomic mass is 10.1. The number of aromatic amines is 1. The number of ether oxygens (including phenoxy) is 2. The topological polar surface area (TPSA) is 103 Å². The molecule has 0 aliphatic carbocycles. The molecule has 0 bridgehead atoms. The van der Waals surface area contributed by atoms with Crippen LogP contribution in [0.2, 0.25) is 0 Å². The summed E-state index contributed by atoms with van der Waals surface area (Å²) in [6.45, 7) is 0.187. The molecule has 0 aliphatic heterocycles. The minimum atomic E-state index is -0.677. The van der Waals surface area contributed by atoms with Crippen LogP contribution in [0.5, 0.6) is 11.5 Å². The lowest BCUT2D eigenvalue weighted by Gasteiger charge is -2.12. The van der Waals surface area contributed by atoms with Crippen LogP contribution in [0, 0.1) is 5.82 Å². The Hall–Kier alpha value is -3.42. The van der Waals surface area contributed by atoms with E-state index in [-0.39, 0.29) is 18.1 Å². The minimum absolute atomic E-state index is 0.0515. The van der Waals surface area contributed by atoms with Crippen LogP contribution in [0.25, 0.3) is 11.3 Å². The summed E-state index contributed by atoms with van der Waals surface area (Å²) >= 11 is 0. The molecule has 8 heteroatoms. The number of rotatable bonds is 6. The third-order valence-corrected chi connectivity index (χ3v) is 3.54. The Kier molecular flexibility index (Phi) is 4.60. The minimum Gasteiger partial charge on any atom is -0.496 e. The quantitative estimate of drug-likeness (QED) is 0.715. The zero-order valence-corrected chi connectivity index (χ0v) is 13.3. The maximum atomic E-state index is 13.0. The fraction of sp³-hybridized carbons (Fsp3) is 0.118. The largest absolute Gasteiger partial charge is 0.496 e. The van der Waals surface area contributed by atoms with E-state index in [9.17, 15) is 9.18 Å². The highest BCUT2D eigenvalue weighted by Gasteiger charge is 2.17. The monoisotopic (exact) mass is 342 g/mol. The number of carbonyl (C=O) groups is 1. The van der Waals surface area contributed by atoms with Crippen LogP contribution in [-0.2, 0) is 6.61 Å². The first-order chi connectivity index (χ1) is 12.1. The number of nitrogens with two attached hydrogens (primary N) is 1. The van der Waals surface area contributed by atoms with Gasteiger partial charge in [-0.1, -0.05) is 0 Å². The first-order valence-corrected chi connectivity index (χ1v) is 7.34. The molecule has 128 valence electrons. The van der Waals surface area contributed by atoms with E-state index in [1.165, 1.54) is 24.3 Å². The van der Waals surface area contributed by atoms with Crippen LogP contribution < -0.4 is 15.2 Å². The van der Waals surface area contributed by atoms with Crippen molar-refractivity contribution in [3.63, 3.8) is 0 Å². The highest BCUT2D eigenvalue weighted by Crippen LogP contribution is 2.28. The van der Waals surface area contributed by atoms with Gasteiger partial charge in [0.2, 0.25) is 0 Å². The number of carbonyl (C=O) groups excluding carboxylic acids is 1. The van der Waals surface area contributed by atoms with Gasteiger partial charge in [-0.05, 0) is 42.5 Å². The first kappa shape index (κ1) is 16.4. The maximum absolute atomic E-state index is 13.0. The van der Waals surface area contributed by atoms with Gasteiger partial charge in [0.1, 0.15) is 29.6 Å². The predicted molar refractivity (Wildman–Crippen MR) is 87.6 cm³/mol. The maximum Gasteiger partial charge on any atom is 0.271 e.